The summed E-state index contributed by atoms with van der Waals surface area (Å²) in [4.78, 5) is 22.0. The molecule has 8 nitrogen and oxygen atoms in total. The Balaban J connectivity index is 0.000000329. The molecule has 40 heavy (non-hydrogen) atoms. The van der Waals surface area contributed by atoms with Crippen molar-refractivity contribution in [1.29, 1.82) is 0 Å². The van der Waals surface area contributed by atoms with Crippen LogP contribution in [0, 0.1) is 25.5 Å². The van der Waals surface area contributed by atoms with Crippen molar-refractivity contribution in [3.05, 3.63) is 108 Å². The fraction of sp³-hybridized carbons (Fsp3) is 0.267. The molecule has 0 saturated heterocycles. The van der Waals surface area contributed by atoms with E-state index < -0.39 is 0 Å². The van der Waals surface area contributed by atoms with E-state index in [1.807, 2.05) is 33.0 Å². The maximum absolute atomic E-state index is 12.8. The molecule has 0 bridgehead atoms. The van der Waals surface area contributed by atoms with Crippen LogP contribution in [-0.2, 0) is 22.6 Å². The summed E-state index contributed by atoms with van der Waals surface area (Å²) in [5.41, 5.74) is 7.62. The zero-order valence-corrected chi connectivity index (χ0v) is 23.1. The Hall–Kier alpha value is -4.44. The summed E-state index contributed by atoms with van der Waals surface area (Å²) in [6, 6.07) is 18.9. The number of nitrogens with one attached hydrogen (secondary N) is 1. The second-order valence-electron chi connectivity index (χ2n) is 8.41. The number of aldehydes is 1. The number of benzene rings is 3. The van der Waals surface area contributed by atoms with Crippen LogP contribution in [0.1, 0.15) is 29.5 Å². The number of primary amides is 1. The molecule has 3 aromatic carbocycles. The maximum Gasteiger partial charge on any atom is 0.204 e. The van der Waals surface area contributed by atoms with Crippen LogP contribution in [0.2, 0.25) is 0 Å². The van der Waals surface area contributed by atoms with Crippen molar-refractivity contribution in [3.63, 3.8) is 0 Å². The Kier molecular flexibility index (Phi) is 17.2. The molecule has 1 amide bonds. The summed E-state index contributed by atoms with van der Waals surface area (Å²) >= 11 is 0. The summed E-state index contributed by atoms with van der Waals surface area (Å²) < 4.78 is 32.2. The summed E-state index contributed by atoms with van der Waals surface area (Å²) in [5, 5.41) is 6.83. The number of hydrogen-bond acceptors (Lipinski definition) is 6. The van der Waals surface area contributed by atoms with Crippen LogP contribution in [0.3, 0.4) is 0 Å². The van der Waals surface area contributed by atoms with E-state index in [0.717, 1.165) is 36.1 Å². The van der Waals surface area contributed by atoms with Gasteiger partial charge in [-0.15, -0.1) is 0 Å². The van der Waals surface area contributed by atoms with Crippen LogP contribution in [-0.4, -0.2) is 41.1 Å². The van der Waals surface area contributed by atoms with Gasteiger partial charge < -0.3 is 20.6 Å². The molecule has 0 aliphatic heterocycles. The quantitative estimate of drug-likeness (QED) is 0.218. The predicted octanol–water partition coefficient (Wildman–Crippen LogP) is 5.18. The number of rotatable bonds is 9. The zero-order chi connectivity index (χ0) is 29.6. The lowest BCUT2D eigenvalue weighted by molar-refractivity contribution is -0.108. The average molecular weight is 554 g/mol. The van der Waals surface area contributed by atoms with Crippen LogP contribution < -0.4 is 15.8 Å². The molecule has 0 aliphatic carbocycles. The van der Waals surface area contributed by atoms with Gasteiger partial charge in [-0.25, -0.2) is 18.4 Å². The van der Waals surface area contributed by atoms with Crippen LogP contribution in [0.15, 0.2) is 79.4 Å². The topological polar surface area (TPSA) is 112 Å². The van der Waals surface area contributed by atoms with E-state index in [2.05, 4.69) is 33.3 Å². The molecular weight excluding hydrogens is 516 g/mol. The first kappa shape index (κ1) is 33.6. The Morgan fingerprint density at radius 1 is 0.900 bits per heavy atom. The smallest absolute Gasteiger partial charge is 0.204 e. The number of carbonyl (C=O) groups excluding carboxylic acids is 2. The fourth-order valence-electron chi connectivity index (χ4n) is 3.10. The third-order valence-electron chi connectivity index (χ3n) is 5.31. The molecule has 0 spiro atoms. The molecule has 0 radical (unpaired) electrons. The number of carbonyl (C=O) groups is 2. The largest absolute Gasteiger partial charge is 0.457 e. The molecule has 0 saturated carbocycles. The number of amides is 1. The van der Waals surface area contributed by atoms with Crippen LogP contribution in [0.4, 0.5) is 8.78 Å². The highest BCUT2D eigenvalue weighted by molar-refractivity contribution is 5.48. The standard InChI is InChI=1S/C17H20FNO.C8H9F.C4H5N3O.CH3NO/c1-19-13-3-2-4-14-5-9-16(10-6-14)20-17-11-7-15(18)8-12-17;1-6-3-4-8(9)5-7(6)2;8-2-1-7-4-5-3-6-7;2-1-3/h5-12,19H,2-4,13H2,1H3;3-5H,1-2H3;2-4H,1H2;1H,(H2,2,3). The number of hydrogen-bond donors (Lipinski definition) is 2. The van der Waals surface area contributed by atoms with Crippen molar-refractivity contribution in [3.8, 4) is 11.5 Å². The third kappa shape index (κ3) is 15.1. The fourth-order valence-corrected chi connectivity index (χ4v) is 3.10. The summed E-state index contributed by atoms with van der Waals surface area (Å²) in [6.07, 6.45) is 7.36. The van der Waals surface area contributed by atoms with Crippen LogP contribution >= 0.6 is 0 Å². The van der Waals surface area contributed by atoms with Crippen LogP contribution in [0.25, 0.3) is 0 Å². The summed E-state index contributed by atoms with van der Waals surface area (Å²) in [7, 11) is 1.97. The van der Waals surface area contributed by atoms with Gasteiger partial charge in [-0.2, -0.15) is 5.10 Å². The Morgan fingerprint density at radius 3 is 2.00 bits per heavy atom. The predicted molar refractivity (Wildman–Crippen MR) is 152 cm³/mol. The molecule has 0 fully saturated rings. The van der Waals surface area contributed by atoms with Gasteiger partial charge in [0.05, 0.1) is 6.54 Å². The van der Waals surface area contributed by atoms with Gasteiger partial charge in [0.15, 0.2) is 0 Å². The van der Waals surface area contributed by atoms with E-state index >= 15 is 0 Å². The normalized spacial score (nSPS) is 9.53. The molecular formula is C30H37F2N5O3. The van der Waals surface area contributed by atoms with E-state index in [0.29, 0.717) is 12.3 Å². The van der Waals surface area contributed by atoms with Crippen molar-refractivity contribution >= 4 is 12.7 Å². The lowest BCUT2D eigenvalue weighted by Gasteiger charge is -2.07. The molecule has 1 heterocycles. The Morgan fingerprint density at radius 2 is 1.50 bits per heavy atom. The minimum Gasteiger partial charge on any atom is -0.457 e. The number of ether oxygens (including phenoxy) is 1. The van der Waals surface area contributed by atoms with Crippen molar-refractivity contribution in [2.45, 2.75) is 39.7 Å². The summed E-state index contributed by atoms with van der Waals surface area (Å²) in [6.45, 7) is 5.22. The van der Waals surface area contributed by atoms with Gasteiger partial charge in [0, 0.05) is 0 Å². The van der Waals surface area contributed by atoms with Crippen LogP contribution in [0.5, 0.6) is 11.5 Å². The van der Waals surface area contributed by atoms with Gasteiger partial charge in [-0.3, -0.25) is 4.79 Å². The Labute approximate surface area is 234 Å². The number of halogens is 2. The highest BCUT2D eigenvalue weighted by atomic mass is 19.1. The van der Waals surface area contributed by atoms with Crippen molar-refractivity contribution < 1.29 is 23.1 Å². The van der Waals surface area contributed by atoms with Gasteiger partial charge in [0.2, 0.25) is 6.41 Å². The molecule has 10 heteroatoms. The SMILES string of the molecule is CNCCCCc1ccc(Oc2ccc(F)cc2)cc1.Cc1ccc(F)cc1C.NC=O.O=CCn1cncn1. The Bertz CT molecular complexity index is 1220. The molecule has 0 unspecified atom stereocenters. The minimum atomic E-state index is -0.255. The zero-order valence-electron chi connectivity index (χ0n) is 23.1. The molecule has 3 N–H and O–H groups in total. The number of aryl methyl sites for hydroxylation is 3. The first-order valence-corrected chi connectivity index (χ1v) is 12.6. The molecule has 0 aliphatic rings. The van der Waals surface area contributed by atoms with E-state index in [1.54, 1.807) is 18.2 Å². The molecule has 214 valence electrons. The van der Waals surface area contributed by atoms with E-state index in [-0.39, 0.29) is 18.0 Å². The molecule has 1 aromatic heterocycles. The highest BCUT2D eigenvalue weighted by Crippen LogP contribution is 2.22. The van der Waals surface area contributed by atoms with Gasteiger partial charge in [-0.05, 0) is 112 Å². The number of nitrogens with zero attached hydrogens (tertiary/aromatic N) is 3. The molecule has 0 atom stereocenters. The maximum atomic E-state index is 12.8. The number of nitrogens with two attached hydrogens (primary N) is 1. The van der Waals surface area contributed by atoms with Gasteiger partial charge >= 0.3 is 0 Å². The lowest BCUT2D eigenvalue weighted by atomic mass is 10.1. The van der Waals surface area contributed by atoms with E-state index in [1.165, 1.54) is 60.0 Å². The first-order valence-electron chi connectivity index (χ1n) is 12.6. The first-order chi connectivity index (χ1) is 19.3. The van der Waals surface area contributed by atoms with Gasteiger partial charge in [0.1, 0.15) is 42.1 Å². The third-order valence-corrected chi connectivity index (χ3v) is 5.31. The van der Waals surface area contributed by atoms with Crippen molar-refractivity contribution in [1.82, 2.24) is 20.1 Å². The number of unbranched alkanes of at least 4 members (excludes halogenated alkanes) is 1. The average Bonchev–Trinajstić information content (AvgIpc) is 3.46. The monoisotopic (exact) mass is 553 g/mol. The van der Waals surface area contributed by atoms with Gasteiger partial charge in [-0.1, -0.05) is 18.2 Å². The molecule has 4 aromatic rings. The summed E-state index contributed by atoms with van der Waals surface area (Å²) in [5.74, 6) is 1.01. The second-order valence-corrected chi connectivity index (χ2v) is 8.41. The van der Waals surface area contributed by atoms with Crippen molar-refractivity contribution in [2.75, 3.05) is 13.6 Å². The van der Waals surface area contributed by atoms with Crippen molar-refractivity contribution in [2.24, 2.45) is 5.73 Å². The van der Waals surface area contributed by atoms with E-state index in [9.17, 15) is 13.6 Å². The second kappa shape index (κ2) is 20.5. The van der Waals surface area contributed by atoms with E-state index in [4.69, 9.17) is 9.53 Å². The number of aromatic nitrogens is 3. The highest BCUT2D eigenvalue weighted by Gasteiger charge is 1.99. The van der Waals surface area contributed by atoms with Gasteiger partial charge in [0.25, 0.3) is 0 Å². The lowest BCUT2D eigenvalue weighted by Crippen LogP contribution is -2.07. The molecule has 4 rings (SSSR count). The minimum absolute atomic E-state index is 0.155.